The Kier molecular flexibility index (Phi) is 4.10. The number of carbonyl (C=O) groups is 1. The minimum absolute atomic E-state index is 0.115. The SMILES string of the molecule is Cc1ccc(S(=O)(=O)N2CCCC3(C2)OC(=O)c2ccccc23)cc1Cl. The third-order valence-electron chi connectivity index (χ3n) is 5.13. The molecule has 1 spiro atoms. The van der Waals surface area contributed by atoms with Gasteiger partial charge in [-0.25, -0.2) is 13.2 Å². The van der Waals surface area contributed by atoms with Crippen molar-refractivity contribution in [3.8, 4) is 0 Å². The topological polar surface area (TPSA) is 63.7 Å². The molecule has 1 fully saturated rings. The predicted octanol–water partition coefficient (Wildman–Crippen LogP) is 3.50. The van der Waals surface area contributed by atoms with Crippen molar-refractivity contribution in [3.05, 3.63) is 64.2 Å². The number of esters is 1. The number of hydrogen-bond acceptors (Lipinski definition) is 4. The molecule has 2 aromatic carbocycles. The summed E-state index contributed by atoms with van der Waals surface area (Å²) in [4.78, 5) is 12.4. The van der Waals surface area contributed by atoms with Crippen LogP contribution in [-0.4, -0.2) is 31.8 Å². The van der Waals surface area contributed by atoms with Crippen LogP contribution in [0.1, 0.15) is 34.3 Å². The molecule has 136 valence electrons. The van der Waals surface area contributed by atoms with Gasteiger partial charge in [0.2, 0.25) is 10.0 Å². The van der Waals surface area contributed by atoms with Crippen LogP contribution in [0.3, 0.4) is 0 Å². The van der Waals surface area contributed by atoms with Crippen LogP contribution >= 0.6 is 11.6 Å². The highest BCUT2D eigenvalue weighted by atomic mass is 35.5. The van der Waals surface area contributed by atoms with Crippen LogP contribution < -0.4 is 0 Å². The lowest BCUT2D eigenvalue weighted by molar-refractivity contribution is -0.0345. The molecule has 0 amide bonds. The Hall–Kier alpha value is -1.89. The van der Waals surface area contributed by atoms with Gasteiger partial charge in [-0.05, 0) is 43.5 Å². The van der Waals surface area contributed by atoms with Crippen LogP contribution in [0.4, 0.5) is 0 Å². The number of rotatable bonds is 2. The second-order valence-corrected chi connectivity index (χ2v) is 9.13. The molecule has 2 heterocycles. The number of halogens is 1. The smallest absolute Gasteiger partial charge is 0.339 e. The fraction of sp³-hybridized carbons (Fsp3) is 0.316. The summed E-state index contributed by atoms with van der Waals surface area (Å²) in [5, 5.41) is 0.412. The van der Waals surface area contributed by atoms with E-state index in [4.69, 9.17) is 16.3 Å². The average Bonchev–Trinajstić information content (AvgIpc) is 2.89. The number of aryl methyl sites for hydroxylation is 1. The first kappa shape index (κ1) is 17.5. The van der Waals surface area contributed by atoms with Crippen LogP contribution in [0, 0.1) is 6.92 Å². The Morgan fingerprint density at radius 2 is 1.96 bits per heavy atom. The summed E-state index contributed by atoms with van der Waals surface area (Å²) in [6, 6.07) is 11.9. The van der Waals surface area contributed by atoms with Crippen LogP contribution in [0.2, 0.25) is 5.02 Å². The first-order valence-electron chi connectivity index (χ1n) is 8.43. The molecule has 4 rings (SSSR count). The summed E-state index contributed by atoms with van der Waals surface area (Å²) >= 11 is 6.11. The molecule has 0 aromatic heterocycles. The Labute approximate surface area is 157 Å². The monoisotopic (exact) mass is 391 g/mol. The van der Waals surface area contributed by atoms with E-state index in [1.165, 1.54) is 10.4 Å². The van der Waals surface area contributed by atoms with Gasteiger partial charge in [0.05, 0.1) is 17.0 Å². The Bertz CT molecular complexity index is 1000. The van der Waals surface area contributed by atoms with Crippen molar-refractivity contribution in [2.24, 2.45) is 0 Å². The third kappa shape index (κ3) is 2.64. The largest absolute Gasteiger partial charge is 0.449 e. The minimum Gasteiger partial charge on any atom is -0.449 e. The van der Waals surface area contributed by atoms with E-state index in [9.17, 15) is 13.2 Å². The normalized spacial score (nSPS) is 23.1. The van der Waals surface area contributed by atoms with Gasteiger partial charge in [-0.15, -0.1) is 0 Å². The number of benzene rings is 2. The van der Waals surface area contributed by atoms with Crippen molar-refractivity contribution in [1.82, 2.24) is 4.31 Å². The molecule has 1 saturated heterocycles. The third-order valence-corrected chi connectivity index (χ3v) is 7.38. The maximum absolute atomic E-state index is 13.1. The number of nitrogens with zero attached hydrogens (tertiary/aromatic N) is 1. The molecule has 26 heavy (non-hydrogen) atoms. The number of ether oxygens (including phenoxy) is 1. The van der Waals surface area contributed by atoms with E-state index in [1.807, 2.05) is 19.1 Å². The first-order chi connectivity index (χ1) is 12.3. The Morgan fingerprint density at radius 3 is 2.73 bits per heavy atom. The fourth-order valence-corrected chi connectivity index (χ4v) is 5.52. The van der Waals surface area contributed by atoms with Gasteiger partial charge in [0.15, 0.2) is 5.60 Å². The van der Waals surface area contributed by atoms with E-state index in [2.05, 4.69) is 0 Å². The van der Waals surface area contributed by atoms with Crippen molar-refractivity contribution < 1.29 is 17.9 Å². The number of fused-ring (bicyclic) bond motifs is 2. The molecule has 0 aliphatic carbocycles. The zero-order valence-corrected chi connectivity index (χ0v) is 15.8. The molecular formula is C19H18ClNO4S. The highest BCUT2D eigenvalue weighted by molar-refractivity contribution is 7.89. The van der Waals surface area contributed by atoms with Crippen LogP contribution in [-0.2, 0) is 20.4 Å². The molecule has 2 aromatic rings. The van der Waals surface area contributed by atoms with Gasteiger partial charge < -0.3 is 4.74 Å². The maximum atomic E-state index is 13.1. The van der Waals surface area contributed by atoms with Gasteiger partial charge in [0.25, 0.3) is 0 Å². The van der Waals surface area contributed by atoms with Gasteiger partial charge in [0.1, 0.15) is 0 Å². The fourth-order valence-electron chi connectivity index (χ4n) is 3.72. The summed E-state index contributed by atoms with van der Waals surface area (Å²) in [6.07, 6.45) is 1.22. The van der Waals surface area contributed by atoms with Gasteiger partial charge in [-0.2, -0.15) is 4.31 Å². The van der Waals surface area contributed by atoms with Gasteiger partial charge >= 0.3 is 5.97 Å². The summed E-state index contributed by atoms with van der Waals surface area (Å²) in [7, 11) is -3.73. The van der Waals surface area contributed by atoms with Crippen molar-refractivity contribution in [2.75, 3.05) is 13.1 Å². The molecule has 1 atom stereocenters. The van der Waals surface area contributed by atoms with Gasteiger partial charge in [0, 0.05) is 17.1 Å². The lowest BCUT2D eigenvalue weighted by Gasteiger charge is -2.38. The minimum atomic E-state index is -3.73. The van der Waals surface area contributed by atoms with Crippen LogP contribution in [0.5, 0.6) is 0 Å². The van der Waals surface area contributed by atoms with E-state index in [0.717, 1.165) is 11.1 Å². The second-order valence-electron chi connectivity index (χ2n) is 6.78. The van der Waals surface area contributed by atoms with Crippen molar-refractivity contribution >= 4 is 27.6 Å². The van der Waals surface area contributed by atoms with E-state index in [0.29, 0.717) is 30.0 Å². The Morgan fingerprint density at radius 1 is 1.19 bits per heavy atom. The van der Waals surface area contributed by atoms with Crippen molar-refractivity contribution in [2.45, 2.75) is 30.3 Å². The molecule has 5 nitrogen and oxygen atoms in total. The zero-order valence-electron chi connectivity index (χ0n) is 14.2. The Balaban J connectivity index is 1.72. The summed E-state index contributed by atoms with van der Waals surface area (Å²) in [6.45, 7) is 2.32. The number of hydrogen-bond donors (Lipinski definition) is 0. The molecular weight excluding hydrogens is 374 g/mol. The molecule has 0 saturated carbocycles. The summed E-state index contributed by atoms with van der Waals surface area (Å²) < 4.78 is 33.3. The standard InChI is InChI=1S/C19H18ClNO4S/c1-13-7-8-14(11-17(13)20)26(23,24)21-10-4-9-19(12-21)16-6-3-2-5-15(16)18(22)25-19/h2-3,5-8,11H,4,9-10,12H2,1H3. The van der Waals surface area contributed by atoms with Crippen molar-refractivity contribution in [1.29, 1.82) is 0 Å². The quantitative estimate of drug-likeness (QED) is 0.735. The highest BCUT2D eigenvalue weighted by Crippen LogP contribution is 2.43. The molecule has 2 aliphatic heterocycles. The zero-order chi connectivity index (χ0) is 18.5. The maximum Gasteiger partial charge on any atom is 0.339 e. The van der Waals surface area contributed by atoms with Gasteiger partial charge in [-0.1, -0.05) is 35.9 Å². The number of carbonyl (C=O) groups excluding carboxylic acids is 1. The van der Waals surface area contributed by atoms with E-state index < -0.39 is 21.6 Å². The van der Waals surface area contributed by atoms with E-state index in [-0.39, 0.29) is 11.4 Å². The van der Waals surface area contributed by atoms with Gasteiger partial charge in [-0.3, -0.25) is 0 Å². The average molecular weight is 392 g/mol. The molecule has 1 unspecified atom stereocenters. The molecule has 2 aliphatic rings. The van der Waals surface area contributed by atoms with E-state index >= 15 is 0 Å². The lowest BCUT2D eigenvalue weighted by atomic mass is 9.86. The first-order valence-corrected chi connectivity index (χ1v) is 10.2. The molecule has 0 N–H and O–H groups in total. The van der Waals surface area contributed by atoms with Crippen molar-refractivity contribution in [3.63, 3.8) is 0 Å². The number of piperidine rings is 1. The summed E-state index contributed by atoms with van der Waals surface area (Å²) in [5.41, 5.74) is 1.20. The van der Waals surface area contributed by atoms with E-state index in [1.54, 1.807) is 24.3 Å². The number of sulfonamides is 1. The predicted molar refractivity (Wildman–Crippen MR) is 97.7 cm³/mol. The lowest BCUT2D eigenvalue weighted by Crippen LogP contribution is -2.48. The molecule has 0 radical (unpaired) electrons. The molecule has 7 heteroatoms. The molecule has 0 bridgehead atoms. The highest BCUT2D eigenvalue weighted by Gasteiger charge is 2.50. The summed E-state index contributed by atoms with van der Waals surface area (Å²) in [5.74, 6) is -0.391. The van der Waals surface area contributed by atoms with Crippen LogP contribution in [0.15, 0.2) is 47.4 Å². The van der Waals surface area contributed by atoms with Crippen LogP contribution in [0.25, 0.3) is 0 Å². The second kappa shape index (κ2) is 6.08.